The predicted molar refractivity (Wildman–Crippen MR) is 188 cm³/mol. The molecule has 6 N–H and O–H groups in total. The molecule has 0 aliphatic carbocycles. The van der Waals surface area contributed by atoms with E-state index in [4.69, 9.17) is 0 Å². The van der Waals surface area contributed by atoms with E-state index in [1.54, 1.807) is 0 Å². The molecule has 12 heteroatoms. The predicted octanol–water partition coefficient (Wildman–Crippen LogP) is 9.28. The average molecular weight is 689 g/mol. The third-order valence-electron chi connectivity index (χ3n) is 8.50. The minimum absolute atomic E-state index is 0.0869. The molecule has 0 aromatic heterocycles. The number of rotatable bonds is 28. The second-order valence-electron chi connectivity index (χ2n) is 12.7. The first-order valence-electron chi connectivity index (χ1n) is 17.7. The third kappa shape index (κ3) is 20.0. The molecule has 2 atom stereocenters. The Morgan fingerprint density at radius 3 is 0.978 bits per heavy atom. The molecule has 10 nitrogen and oxygen atoms in total. The highest BCUT2D eigenvalue weighted by molar-refractivity contribution is 7.54. The standard InChI is InChI=1S/C34H62N2O8P2/c1-3-5-7-9-11-13-15-17-19-21-23-31(45(39,40)41)33(37)35-29-25-27-30(28-26-29)36-34(38)32(46(42,43)44)24-22-20-18-16-14-12-10-8-6-4-2/h25-28,31-32H,3-24H2,1-2H3,(H,35,37)(H,36,38)(H2,39,40,41)(H2,42,43,44). The minimum atomic E-state index is -4.67. The summed E-state index contributed by atoms with van der Waals surface area (Å²) >= 11 is 0. The van der Waals surface area contributed by atoms with Gasteiger partial charge in [-0.1, -0.05) is 142 Å². The number of carbonyl (C=O) groups excluding carboxylic acids is 2. The van der Waals surface area contributed by atoms with Gasteiger partial charge in [0.2, 0.25) is 11.8 Å². The summed E-state index contributed by atoms with van der Waals surface area (Å²) in [5, 5.41) is 5.11. The van der Waals surface area contributed by atoms with Crippen molar-refractivity contribution in [3.05, 3.63) is 24.3 Å². The summed E-state index contributed by atoms with van der Waals surface area (Å²) in [6.45, 7) is 4.38. The topological polar surface area (TPSA) is 173 Å². The van der Waals surface area contributed by atoms with Gasteiger partial charge in [0.05, 0.1) is 0 Å². The van der Waals surface area contributed by atoms with Crippen LogP contribution in [0.4, 0.5) is 11.4 Å². The second kappa shape index (κ2) is 24.6. The summed E-state index contributed by atoms with van der Waals surface area (Å²) in [7, 11) is -9.34. The first-order valence-corrected chi connectivity index (χ1v) is 21.1. The molecule has 0 spiro atoms. The Labute approximate surface area is 277 Å². The van der Waals surface area contributed by atoms with Gasteiger partial charge in [-0.15, -0.1) is 0 Å². The molecule has 1 rings (SSSR count). The van der Waals surface area contributed by atoms with Crippen LogP contribution in [0.2, 0.25) is 0 Å². The second-order valence-corrected chi connectivity index (χ2v) is 16.3. The van der Waals surface area contributed by atoms with Crippen LogP contribution < -0.4 is 10.6 Å². The lowest BCUT2D eigenvalue weighted by atomic mass is 10.0. The van der Waals surface area contributed by atoms with Gasteiger partial charge < -0.3 is 30.2 Å². The van der Waals surface area contributed by atoms with Gasteiger partial charge >= 0.3 is 15.2 Å². The zero-order valence-electron chi connectivity index (χ0n) is 28.3. The highest BCUT2D eigenvalue weighted by Gasteiger charge is 2.36. The van der Waals surface area contributed by atoms with Gasteiger partial charge in [-0.25, -0.2) is 0 Å². The van der Waals surface area contributed by atoms with Crippen molar-refractivity contribution in [2.24, 2.45) is 0 Å². The van der Waals surface area contributed by atoms with Crippen molar-refractivity contribution in [3.8, 4) is 0 Å². The van der Waals surface area contributed by atoms with E-state index in [1.165, 1.54) is 88.5 Å². The van der Waals surface area contributed by atoms with Gasteiger partial charge in [0.15, 0.2) is 0 Å². The summed E-state index contributed by atoms with van der Waals surface area (Å²) in [5.74, 6) is -1.53. The normalized spacial score (nSPS) is 13.3. The summed E-state index contributed by atoms with van der Waals surface area (Å²) in [6, 6.07) is 5.89. The van der Waals surface area contributed by atoms with Crippen molar-refractivity contribution >= 4 is 38.4 Å². The van der Waals surface area contributed by atoms with Gasteiger partial charge in [-0.2, -0.15) is 0 Å². The van der Waals surface area contributed by atoms with E-state index in [0.717, 1.165) is 51.4 Å². The fraction of sp³-hybridized carbons (Fsp3) is 0.765. The van der Waals surface area contributed by atoms with Gasteiger partial charge in [-0.3, -0.25) is 18.7 Å². The van der Waals surface area contributed by atoms with Gasteiger partial charge in [0, 0.05) is 11.4 Å². The number of hydrogen-bond donors (Lipinski definition) is 6. The number of anilines is 2. The van der Waals surface area contributed by atoms with Crippen LogP contribution >= 0.6 is 15.2 Å². The minimum Gasteiger partial charge on any atom is -0.325 e. The summed E-state index contributed by atoms with van der Waals surface area (Å²) in [5.41, 5.74) is -2.31. The summed E-state index contributed by atoms with van der Waals surface area (Å²) in [6.07, 6.45) is 21.7. The zero-order valence-corrected chi connectivity index (χ0v) is 30.1. The Bertz CT molecular complexity index is 975. The molecule has 0 saturated heterocycles. The Morgan fingerprint density at radius 2 is 0.739 bits per heavy atom. The Morgan fingerprint density at radius 1 is 0.500 bits per heavy atom. The SMILES string of the molecule is CCCCCCCCCCCCC(C(=O)Nc1ccc(NC(=O)C(CCCCCCCCCCCC)P(=O)(O)O)cc1)P(=O)(O)O. The maximum absolute atomic E-state index is 12.8. The molecule has 1 aromatic carbocycles. The van der Waals surface area contributed by atoms with Crippen LogP contribution in [0.3, 0.4) is 0 Å². The molecule has 0 aliphatic rings. The average Bonchev–Trinajstić information content (AvgIpc) is 2.98. The molecular formula is C34H62N2O8P2. The van der Waals surface area contributed by atoms with E-state index < -0.39 is 38.3 Å². The lowest BCUT2D eigenvalue weighted by Gasteiger charge is -2.19. The highest BCUT2D eigenvalue weighted by Crippen LogP contribution is 2.45. The van der Waals surface area contributed by atoms with Crippen molar-refractivity contribution in [1.82, 2.24) is 0 Å². The summed E-state index contributed by atoms with van der Waals surface area (Å²) in [4.78, 5) is 64.9. The lowest BCUT2D eigenvalue weighted by Crippen LogP contribution is -2.28. The first kappa shape index (κ1) is 42.5. The van der Waals surface area contributed by atoms with E-state index in [0.29, 0.717) is 24.2 Å². The van der Waals surface area contributed by atoms with E-state index in [2.05, 4.69) is 24.5 Å². The lowest BCUT2D eigenvalue weighted by molar-refractivity contribution is -0.117. The smallest absolute Gasteiger partial charge is 0.325 e. The Balaban J connectivity index is 2.51. The number of carbonyl (C=O) groups is 2. The number of nitrogens with one attached hydrogen (secondary N) is 2. The van der Waals surface area contributed by atoms with Crippen molar-refractivity contribution in [3.63, 3.8) is 0 Å². The van der Waals surface area contributed by atoms with Crippen molar-refractivity contribution in [2.75, 3.05) is 10.6 Å². The monoisotopic (exact) mass is 688 g/mol. The summed E-state index contributed by atoms with van der Waals surface area (Å²) < 4.78 is 24.2. The van der Waals surface area contributed by atoms with E-state index in [1.807, 2.05) is 0 Å². The van der Waals surface area contributed by atoms with Crippen LogP contribution in [0.25, 0.3) is 0 Å². The molecule has 266 valence electrons. The highest BCUT2D eigenvalue weighted by atomic mass is 31.2. The molecule has 0 aliphatic heterocycles. The Kier molecular flexibility index (Phi) is 22.7. The molecule has 0 saturated carbocycles. The molecule has 0 bridgehead atoms. The fourth-order valence-corrected chi connectivity index (χ4v) is 7.42. The maximum atomic E-state index is 12.8. The largest absolute Gasteiger partial charge is 0.337 e. The quantitative estimate of drug-likeness (QED) is 0.0373. The van der Waals surface area contributed by atoms with Gasteiger partial charge in [-0.05, 0) is 37.1 Å². The van der Waals surface area contributed by atoms with Crippen molar-refractivity contribution in [1.29, 1.82) is 0 Å². The first-order chi connectivity index (χ1) is 21.9. The molecule has 0 heterocycles. The molecular weight excluding hydrogens is 626 g/mol. The molecule has 0 radical (unpaired) electrons. The maximum Gasteiger partial charge on any atom is 0.337 e. The van der Waals surface area contributed by atoms with Crippen LogP contribution in [-0.2, 0) is 18.7 Å². The number of benzene rings is 1. The van der Waals surface area contributed by atoms with Gasteiger partial charge in [0.25, 0.3) is 0 Å². The van der Waals surface area contributed by atoms with Crippen molar-refractivity contribution < 1.29 is 38.3 Å². The number of hydrogen-bond acceptors (Lipinski definition) is 4. The molecule has 2 amide bonds. The van der Waals surface area contributed by atoms with Crippen LogP contribution in [0.5, 0.6) is 0 Å². The fourth-order valence-electron chi connectivity index (χ4n) is 5.64. The third-order valence-corrected chi connectivity index (χ3v) is 11.1. The molecule has 2 unspecified atom stereocenters. The van der Waals surface area contributed by atoms with E-state index in [9.17, 15) is 38.3 Å². The Hall–Kier alpha value is -1.54. The molecule has 0 fully saturated rings. The van der Waals surface area contributed by atoms with Crippen LogP contribution in [0.1, 0.15) is 155 Å². The molecule has 1 aromatic rings. The van der Waals surface area contributed by atoms with E-state index >= 15 is 0 Å². The number of unbranched alkanes of at least 4 members (excludes halogenated alkanes) is 18. The number of amides is 2. The van der Waals surface area contributed by atoms with E-state index in [-0.39, 0.29) is 12.8 Å². The van der Waals surface area contributed by atoms with Crippen molar-refractivity contribution in [2.45, 2.75) is 166 Å². The van der Waals surface area contributed by atoms with Crippen LogP contribution in [-0.4, -0.2) is 42.7 Å². The zero-order chi connectivity index (χ0) is 34.3. The van der Waals surface area contributed by atoms with Crippen LogP contribution in [0.15, 0.2) is 24.3 Å². The van der Waals surface area contributed by atoms with Crippen LogP contribution in [0, 0.1) is 0 Å². The molecule has 46 heavy (non-hydrogen) atoms. The van der Waals surface area contributed by atoms with Gasteiger partial charge in [0.1, 0.15) is 11.3 Å².